The maximum atomic E-state index is 13.2. The van der Waals surface area contributed by atoms with Gasteiger partial charge in [-0.25, -0.2) is 9.07 Å². The quantitative estimate of drug-likeness (QED) is 0.678. The van der Waals surface area contributed by atoms with Gasteiger partial charge >= 0.3 is 0 Å². The molecule has 30 heavy (non-hydrogen) atoms. The molecule has 4 heterocycles. The Hall–Kier alpha value is -2.35. The van der Waals surface area contributed by atoms with Crippen LogP contribution in [0, 0.1) is 5.82 Å². The van der Waals surface area contributed by atoms with Gasteiger partial charge in [0.2, 0.25) is 0 Å². The number of rotatable bonds is 5. The zero-order valence-corrected chi connectivity index (χ0v) is 17.4. The van der Waals surface area contributed by atoms with Crippen molar-refractivity contribution in [3.8, 4) is 11.3 Å². The minimum Gasteiger partial charge on any atom is -0.388 e. The topological polar surface area (TPSA) is 58.4 Å². The van der Waals surface area contributed by atoms with E-state index in [9.17, 15) is 14.3 Å². The lowest BCUT2D eigenvalue weighted by Crippen LogP contribution is -2.53. The standard InChI is InChI=1S/C23H24FN3O2S/c24-17-5-3-16(4-6-17)21-9-10-22(28)27(25-21)15-23(29)12-18-7-8-19(13-23)26(18)14-20-2-1-11-30-20/h1-6,9-11,18-19,29H,7-8,12-15H2. The predicted molar refractivity (Wildman–Crippen MR) is 115 cm³/mol. The second-order valence-corrected chi connectivity index (χ2v) is 9.52. The number of piperidine rings is 1. The van der Waals surface area contributed by atoms with Crippen LogP contribution in [0.25, 0.3) is 11.3 Å². The number of nitrogens with zero attached hydrogens (tertiary/aromatic N) is 3. The molecule has 0 spiro atoms. The van der Waals surface area contributed by atoms with Gasteiger partial charge in [0.1, 0.15) is 5.82 Å². The molecule has 2 atom stereocenters. The average molecular weight is 426 g/mol. The Kier molecular flexibility index (Phi) is 5.05. The molecule has 156 valence electrons. The van der Waals surface area contributed by atoms with Crippen LogP contribution >= 0.6 is 11.3 Å². The third kappa shape index (κ3) is 3.85. The van der Waals surface area contributed by atoms with Gasteiger partial charge in [0.25, 0.3) is 5.56 Å². The van der Waals surface area contributed by atoms with Crippen LogP contribution in [-0.2, 0) is 13.1 Å². The maximum absolute atomic E-state index is 13.2. The summed E-state index contributed by atoms with van der Waals surface area (Å²) < 4.78 is 14.6. The van der Waals surface area contributed by atoms with Crippen LogP contribution in [0.15, 0.2) is 58.7 Å². The molecule has 2 saturated heterocycles. The molecule has 0 amide bonds. The minimum absolute atomic E-state index is 0.181. The Morgan fingerprint density at radius 1 is 1.10 bits per heavy atom. The molecule has 5 rings (SSSR count). The Morgan fingerprint density at radius 2 is 1.83 bits per heavy atom. The van der Waals surface area contributed by atoms with Gasteiger partial charge in [-0.1, -0.05) is 6.07 Å². The largest absolute Gasteiger partial charge is 0.388 e. The molecule has 2 bridgehead atoms. The number of aromatic nitrogens is 2. The van der Waals surface area contributed by atoms with Crippen molar-refractivity contribution in [2.45, 2.75) is 56.5 Å². The fourth-order valence-corrected chi connectivity index (χ4v) is 5.71. The highest BCUT2D eigenvalue weighted by Gasteiger charge is 2.47. The minimum atomic E-state index is -0.948. The highest BCUT2D eigenvalue weighted by Crippen LogP contribution is 2.42. The summed E-state index contributed by atoms with van der Waals surface area (Å²) in [6.07, 6.45) is 3.44. The Morgan fingerprint density at radius 3 is 2.50 bits per heavy atom. The summed E-state index contributed by atoms with van der Waals surface area (Å²) in [5, 5.41) is 18.0. The fourth-order valence-electron chi connectivity index (χ4n) is 5.00. The van der Waals surface area contributed by atoms with Crippen molar-refractivity contribution in [2.75, 3.05) is 0 Å². The first-order valence-electron chi connectivity index (χ1n) is 10.3. The summed E-state index contributed by atoms with van der Waals surface area (Å²) in [5.74, 6) is -0.314. The molecule has 3 aromatic rings. The zero-order valence-electron chi connectivity index (χ0n) is 16.6. The molecular weight excluding hydrogens is 401 g/mol. The van der Waals surface area contributed by atoms with Gasteiger partial charge in [-0.2, -0.15) is 5.10 Å². The van der Waals surface area contributed by atoms with Crippen molar-refractivity contribution in [1.29, 1.82) is 0 Å². The first-order chi connectivity index (χ1) is 14.5. The summed E-state index contributed by atoms with van der Waals surface area (Å²) >= 11 is 1.77. The van der Waals surface area contributed by atoms with E-state index in [4.69, 9.17) is 0 Å². The first kappa shape index (κ1) is 19.6. The van der Waals surface area contributed by atoms with E-state index in [1.54, 1.807) is 29.5 Å². The van der Waals surface area contributed by atoms with E-state index in [0.717, 1.165) is 24.9 Å². The van der Waals surface area contributed by atoms with E-state index >= 15 is 0 Å². The molecule has 0 radical (unpaired) electrons. The van der Waals surface area contributed by atoms with Gasteiger partial charge in [-0.05, 0) is 67.5 Å². The third-order valence-corrected chi connectivity index (χ3v) is 7.23. The number of hydrogen-bond donors (Lipinski definition) is 1. The molecule has 7 heteroatoms. The first-order valence-corrected chi connectivity index (χ1v) is 11.2. The van der Waals surface area contributed by atoms with Gasteiger partial charge in [0.05, 0.1) is 17.8 Å². The fraction of sp³-hybridized carbons (Fsp3) is 0.391. The second kappa shape index (κ2) is 7.72. The summed E-state index contributed by atoms with van der Waals surface area (Å²) in [4.78, 5) is 16.3. The van der Waals surface area contributed by atoms with Crippen LogP contribution in [0.3, 0.4) is 0 Å². The molecule has 5 nitrogen and oxygen atoms in total. The lowest BCUT2D eigenvalue weighted by atomic mass is 9.86. The molecule has 2 aliphatic heterocycles. The average Bonchev–Trinajstić information content (AvgIpc) is 3.32. The summed E-state index contributed by atoms with van der Waals surface area (Å²) in [6.45, 7) is 1.11. The van der Waals surface area contributed by atoms with E-state index < -0.39 is 5.60 Å². The SMILES string of the molecule is O=c1ccc(-c2ccc(F)cc2)nn1CC1(O)CC2CCC(C1)N2Cc1cccs1. The van der Waals surface area contributed by atoms with Gasteiger partial charge in [0, 0.05) is 35.1 Å². The molecule has 2 aromatic heterocycles. The highest BCUT2D eigenvalue weighted by molar-refractivity contribution is 7.09. The Labute approximate surface area is 178 Å². The van der Waals surface area contributed by atoms with E-state index in [1.807, 2.05) is 0 Å². The van der Waals surface area contributed by atoms with Gasteiger partial charge in [-0.15, -0.1) is 11.3 Å². The van der Waals surface area contributed by atoms with Crippen molar-refractivity contribution in [1.82, 2.24) is 14.7 Å². The van der Waals surface area contributed by atoms with Crippen LogP contribution in [0.5, 0.6) is 0 Å². The molecule has 0 aliphatic carbocycles. The van der Waals surface area contributed by atoms with Crippen LogP contribution in [0.1, 0.15) is 30.6 Å². The molecule has 1 aromatic carbocycles. The van der Waals surface area contributed by atoms with Crippen molar-refractivity contribution in [2.24, 2.45) is 0 Å². The number of halogens is 1. The van der Waals surface area contributed by atoms with Gasteiger partial charge in [-0.3, -0.25) is 9.69 Å². The molecule has 2 fully saturated rings. The van der Waals surface area contributed by atoms with Crippen molar-refractivity contribution >= 4 is 11.3 Å². The normalized spacial score (nSPS) is 26.2. The second-order valence-electron chi connectivity index (χ2n) is 8.49. The zero-order chi connectivity index (χ0) is 20.7. The molecular formula is C23H24FN3O2S. The number of benzene rings is 1. The highest BCUT2D eigenvalue weighted by atomic mass is 32.1. The number of aliphatic hydroxyl groups is 1. The number of fused-ring (bicyclic) bond motifs is 2. The lowest BCUT2D eigenvalue weighted by Gasteiger charge is -2.43. The smallest absolute Gasteiger partial charge is 0.266 e. The summed E-state index contributed by atoms with van der Waals surface area (Å²) in [7, 11) is 0. The van der Waals surface area contributed by atoms with E-state index in [1.165, 1.54) is 27.8 Å². The van der Waals surface area contributed by atoms with Crippen molar-refractivity contribution in [3.05, 3.63) is 75.0 Å². The maximum Gasteiger partial charge on any atom is 0.266 e. The van der Waals surface area contributed by atoms with Gasteiger partial charge in [0.15, 0.2) is 0 Å². The number of hydrogen-bond acceptors (Lipinski definition) is 5. The number of thiophene rings is 1. The van der Waals surface area contributed by atoms with Crippen LogP contribution in [-0.4, -0.2) is 37.5 Å². The lowest BCUT2D eigenvalue weighted by molar-refractivity contribution is -0.0674. The van der Waals surface area contributed by atoms with E-state index in [-0.39, 0.29) is 17.9 Å². The van der Waals surface area contributed by atoms with Crippen molar-refractivity contribution < 1.29 is 9.50 Å². The van der Waals surface area contributed by atoms with Crippen LogP contribution in [0.2, 0.25) is 0 Å². The third-order valence-electron chi connectivity index (χ3n) is 6.37. The van der Waals surface area contributed by atoms with Crippen LogP contribution < -0.4 is 5.56 Å². The van der Waals surface area contributed by atoms with E-state index in [0.29, 0.717) is 30.6 Å². The van der Waals surface area contributed by atoms with Crippen LogP contribution in [0.4, 0.5) is 4.39 Å². The van der Waals surface area contributed by atoms with Crippen molar-refractivity contribution in [3.63, 3.8) is 0 Å². The predicted octanol–water partition coefficient (Wildman–Crippen LogP) is 3.67. The van der Waals surface area contributed by atoms with Gasteiger partial charge < -0.3 is 5.11 Å². The Balaban J connectivity index is 1.35. The molecule has 0 saturated carbocycles. The molecule has 1 N–H and O–H groups in total. The Bertz CT molecular complexity index is 1070. The summed E-state index contributed by atoms with van der Waals surface area (Å²) in [6, 6.07) is 14.0. The monoisotopic (exact) mass is 425 g/mol. The molecule has 2 aliphatic rings. The molecule has 2 unspecified atom stereocenters. The summed E-state index contributed by atoms with van der Waals surface area (Å²) in [5.41, 5.74) is 0.151. The van der Waals surface area contributed by atoms with E-state index in [2.05, 4.69) is 27.5 Å².